The molecular weight excluding hydrogens is 430 g/mol. The molecule has 0 aliphatic heterocycles. The van der Waals surface area contributed by atoms with Crippen LogP contribution < -0.4 is 4.74 Å². The van der Waals surface area contributed by atoms with Gasteiger partial charge in [-0.25, -0.2) is 14.3 Å². The Morgan fingerprint density at radius 3 is 2.52 bits per heavy atom. The van der Waals surface area contributed by atoms with Gasteiger partial charge < -0.3 is 24.8 Å². The van der Waals surface area contributed by atoms with E-state index in [0.29, 0.717) is 41.3 Å². The lowest BCUT2D eigenvalue weighted by atomic mass is 10.0. The first-order valence-electron chi connectivity index (χ1n) is 10.4. The summed E-state index contributed by atoms with van der Waals surface area (Å²) in [6.07, 6.45) is 1.04. The van der Waals surface area contributed by atoms with Crippen molar-refractivity contribution in [2.75, 3.05) is 13.7 Å². The highest BCUT2D eigenvalue weighted by Crippen LogP contribution is 2.48. The van der Waals surface area contributed by atoms with Crippen LogP contribution in [0.4, 0.5) is 0 Å². The number of carbonyl (C=O) groups excluding carboxylic acids is 1. The van der Waals surface area contributed by atoms with Crippen molar-refractivity contribution in [2.24, 2.45) is 0 Å². The Hall–Kier alpha value is -3.50. The Labute approximate surface area is 189 Å². The predicted molar refractivity (Wildman–Crippen MR) is 116 cm³/mol. The average Bonchev–Trinajstić information content (AvgIpc) is 3.47. The van der Waals surface area contributed by atoms with Gasteiger partial charge in [0.2, 0.25) is 0 Å². The fraction of sp³-hybridized carbons (Fsp3) is 0.391. The lowest BCUT2D eigenvalue weighted by Crippen LogP contribution is -2.32. The molecule has 0 amide bonds. The molecule has 2 aromatic heterocycles. The Balaban J connectivity index is 1.79. The standard InChI is InChI=1S/C23H25N3O7/c1-22(2,31)12-33-21(30)23(8-9-23)20-24-18-17(32-3)7-6-16(26(18)25-20)13-4-5-15(19(28)29)14(10-13)11-27/h4-7,10,27,31H,8-9,11-12H2,1-3H3,(H,28,29). The summed E-state index contributed by atoms with van der Waals surface area (Å²) in [7, 11) is 1.50. The minimum absolute atomic E-state index is 0.0109. The van der Waals surface area contributed by atoms with Crippen LogP contribution in [0.3, 0.4) is 0 Å². The van der Waals surface area contributed by atoms with E-state index in [1.54, 1.807) is 38.1 Å². The Morgan fingerprint density at radius 2 is 1.94 bits per heavy atom. The number of benzene rings is 1. The summed E-state index contributed by atoms with van der Waals surface area (Å²) in [5.74, 6) is -0.885. The Morgan fingerprint density at radius 1 is 1.21 bits per heavy atom. The molecule has 3 N–H and O–H groups in total. The van der Waals surface area contributed by atoms with Crippen molar-refractivity contribution in [3.8, 4) is 17.0 Å². The van der Waals surface area contributed by atoms with Crippen molar-refractivity contribution < 1.29 is 34.4 Å². The summed E-state index contributed by atoms with van der Waals surface area (Å²) in [5.41, 5.74) is -0.280. The topological polar surface area (TPSA) is 143 Å². The van der Waals surface area contributed by atoms with Crippen LogP contribution in [0.1, 0.15) is 48.4 Å². The fourth-order valence-corrected chi connectivity index (χ4v) is 3.64. The number of aliphatic hydroxyl groups is 2. The van der Waals surface area contributed by atoms with Crippen molar-refractivity contribution in [3.63, 3.8) is 0 Å². The molecule has 1 fully saturated rings. The number of carbonyl (C=O) groups is 2. The molecule has 4 rings (SSSR count). The maximum atomic E-state index is 12.8. The third-order valence-electron chi connectivity index (χ3n) is 5.60. The van der Waals surface area contributed by atoms with Gasteiger partial charge >= 0.3 is 11.9 Å². The first kappa shape index (κ1) is 22.7. The average molecular weight is 455 g/mol. The molecule has 0 spiro atoms. The molecule has 3 aromatic rings. The van der Waals surface area contributed by atoms with Gasteiger partial charge in [-0.05, 0) is 56.5 Å². The van der Waals surface area contributed by atoms with Gasteiger partial charge in [0.1, 0.15) is 12.0 Å². The number of pyridine rings is 1. The molecule has 174 valence electrons. The largest absolute Gasteiger partial charge is 0.493 e. The monoisotopic (exact) mass is 455 g/mol. The normalized spacial score (nSPS) is 14.8. The zero-order chi connectivity index (χ0) is 24.0. The van der Waals surface area contributed by atoms with E-state index in [2.05, 4.69) is 10.1 Å². The quantitative estimate of drug-likeness (QED) is 0.434. The fourth-order valence-electron chi connectivity index (χ4n) is 3.64. The maximum Gasteiger partial charge on any atom is 0.336 e. The number of aromatic nitrogens is 3. The highest BCUT2D eigenvalue weighted by molar-refractivity contribution is 5.90. The minimum Gasteiger partial charge on any atom is -0.493 e. The number of aromatic carboxylic acids is 1. The highest BCUT2D eigenvalue weighted by Gasteiger charge is 2.56. The number of rotatable bonds is 8. The van der Waals surface area contributed by atoms with Gasteiger partial charge in [-0.3, -0.25) is 4.79 Å². The number of fused-ring (bicyclic) bond motifs is 1. The highest BCUT2D eigenvalue weighted by atomic mass is 16.5. The van der Waals surface area contributed by atoms with Gasteiger partial charge in [0.05, 0.1) is 30.6 Å². The van der Waals surface area contributed by atoms with E-state index in [1.165, 1.54) is 17.7 Å². The molecule has 1 aromatic carbocycles. The third-order valence-corrected chi connectivity index (χ3v) is 5.60. The number of nitrogens with zero attached hydrogens (tertiary/aromatic N) is 3. The first-order chi connectivity index (χ1) is 15.6. The van der Waals surface area contributed by atoms with Gasteiger partial charge in [0, 0.05) is 5.56 Å². The van der Waals surface area contributed by atoms with Gasteiger partial charge in [-0.2, -0.15) is 0 Å². The summed E-state index contributed by atoms with van der Waals surface area (Å²) in [6, 6.07) is 8.08. The van der Waals surface area contributed by atoms with Crippen molar-refractivity contribution >= 4 is 17.6 Å². The molecule has 0 atom stereocenters. The van der Waals surface area contributed by atoms with E-state index in [0.717, 1.165) is 0 Å². The third kappa shape index (κ3) is 4.14. The Kier molecular flexibility index (Phi) is 5.59. The van der Waals surface area contributed by atoms with Gasteiger partial charge in [0.15, 0.2) is 17.2 Å². The van der Waals surface area contributed by atoms with E-state index in [4.69, 9.17) is 9.47 Å². The van der Waals surface area contributed by atoms with Crippen molar-refractivity contribution in [1.82, 2.24) is 14.6 Å². The molecule has 0 bridgehead atoms. The number of carboxylic acids is 1. The predicted octanol–water partition coefficient (Wildman–Crippen LogP) is 1.94. The van der Waals surface area contributed by atoms with Crippen molar-refractivity contribution in [2.45, 2.75) is 44.3 Å². The van der Waals surface area contributed by atoms with Gasteiger partial charge in [0.25, 0.3) is 0 Å². The molecule has 10 heteroatoms. The van der Waals surface area contributed by atoms with Crippen LogP contribution in [0.5, 0.6) is 5.75 Å². The summed E-state index contributed by atoms with van der Waals surface area (Å²) < 4.78 is 12.3. The SMILES string of the molecule is COc1ccc(-c2ccc(C(=O)O)c(CO)c2)n2nc(C3(C(=O)OCC(C)(C)O)CC3)nc12. The number of esters is 1. The van der Waals surface area contributed by atoms with Crippen LogP contribution >= 0.6 is 0 Å². The zero-order valence-corrected chi connectivity index (χ0v) is 18.5. The molecule has 1 aliphatic rings. The second-order valence-corrected chi connectivity index (χ2v) is 8.76. The van der Waals surface area contributed by atoms with E-state index < -0.39 is 29.6 Å². The van der Waals surface area contributed by atoms with Crippen LogP contribution in [0.25, 0.3) is 16.9 Å². The molecule has 0 unspecified atom stereocenters. The number of aliphatic hydroxyl groups excluding tert-OH is 1. The minimum atomic E-state index is -1.15. The smallest absolute Gasteiger partial charge is 0.336 e. The van der Waals surface area contributed by atoms with Crippen molar-refractivity contribution in [3.05, 3.63) is 47.3 Å². The van der Waals surface area contributed by atoms with E-state index in [1.807, 2.05) is 0 Å². The summed E-state index contributed by atoms with van der Waals surface area (Å²) in [4.78, 5) is 28.8. The maximum absolute atomic E-state index is 12.8. The zero-order valence-electron chi connectivity index (χ0n) is 18.5. The van der Waals surface area contributed by atoms with Crippen LogP contribution in [0, 0.1) is 0 Å². The second-order valence-electron chi connectivity index (χ2n) is 8.76. The molecule has 0 saturated heterocycles. The first-order valence-corrected chi connectivity index (χ1v) is 10.4. The summed E-state index contributed by atoms with van der Waals surface area (Å²) >= 11 is 0. The summed E-state index contributed by atoms with van der Waals surface area (Å²) in [5, 5.41) is 33.4. The number of carboxylic acid groups (broad SMARTS) is 1. The molecule has 1 aliphatic carbocycles. The van der Waals surface area contributed by atoms with E-state index in [-0.39, 0.29) is 17.7 Å². The van der Waals surface area contributed by atoms with E-state index >= 15 is 0 Å². The van der Waals surface area contributed by atoms with Crippen LogP contribution in [0.15, 0.2) is 30.3 Å². The summed E-state index contributed by atoms with van der Waals surface area (Å²) in [6.45, 7) is 2.52. The van der Waals surface area contributed by atoms with Crippen LogP contribution in [-0.4, -0.2) is 61.2 Å². The molecule has 33 heavy (non-hydrogen) atoms. The lowest BCUT2D eigenvalue weighted by Gasteiger charge is -2.19. The number of methoxy groups -OCH3 is 1. The molecule has 1 saturated carbocycles. The lowest BCUT2D eigenvalue weighted by molar-refractivity contribution is -0.153. The Bertz CT molecular complexity index is 1240. The van der Waals surface area contributed by atoms with E-state index in [9.17, 15) is 24.9 Å². The van der Waals surface area contributed by atoms with Gasteiger partial charge in [-0.1, -0.05) is 6.07 Å². The molecule has 0 radical (unpaired) electrons. The van der Waals surface area contributed by atoms with Crippen LogP contribution in [0.2, 0.25) is 0 Å². The molecular formula is C23H25N3O7. The molecule has 10 nitrogen and oxygen atoms in total. The number of hydrogen-bond acceptors (Lipinski definition) is 8. The van der Waals surface area contributed by atoms with Gasteiger partial charge in [-0.15, -0.1) is 5.10 Å². The van der Waals surface area contributed by atoms with Crippen molar-refractivity contribution in [1.29, 1.82) is 0 Å². The van der Waals surface area contributed by atoms with Crippen LogP contribution in [-0.2, 0) is 21.6 Å². The number of ether oxygens (including phenoxy) is 2. The number of hydrogen-bond donors (Lipinski definition) is 3. The molecule has 2 heterocycles. The second kappa shape index (κ2) is 8.13.